The summed E-state index contributed by atoms with van der Waals surface area (Å²) in [6.45, 7) is 1.17. The highest BCUT2D eigenvalue weighted by Crippen LogP contribution is 2.37. The van der Waals surface area contributed by atoms with E-state index in [-0.39, 0.29) is 16.8 Å². The first kappa shape index (κ1) is 12.8. The molecule has 0 unspecified atom stereocenters. The van der Waals surface area contributed by atoms with E-state index in [9.17, 15) is 23.3 Å². The van der Waals surface area contributed by atoms with Crippen LogP contribution in [0.4, 0.5) is 18.9 Å². The number of halogens is 4. The zero-order valence-corrected chi connectivity index (χ0v) is 8.89. The van der Waals surface area contributed by atoms with E-state index in [1.165, 1.54) is 6.92 Å². The van der Waals surface area contributed by atoms with Crippen LogP contribution < -0.4 is 0 Å². The van der Waals surface area contributed by atoms with Crippen molar-refractivity contribution < 1.29 is 18.1 Å². The minimum atomic E-state index is -4.55. The lowest BCUT2D eigenvalue weighted by molar-refractivity contribution is -0.385. The highest BCUT2D eigenvalue weighted by atomic mass is 35.5. The third-order valence-electron chi connectivity index (χ3n) is 2.04. The molecule has 0 aliphatic heterocycles. The summed E-state index contributed by atoms with van der Waals surface area (Å²) in [5.41, 5.74) is -1.76. The molecule has 88 valence electrons. The van der Waals surface area contributed by atoms with Crippen molar-refractivity contribution in [2.75, 3.05) is 0 Å². The van der Waals surface area contributed by atoms with Gasteiger partial charge in [-0.1, -0.05) is 0 Å². The summed E-state index contributed by atoms with van der Waals surface area (Å²) in [7, 11) is 0. The van der Waals surface area contributed by atoms with E-state index in [0.29, 0.717) is 0 Å². The van der Waals surface area contributed by atoms with Crippen LogP contribution in [0.25, 0.3) is 0 Å². The van der Waals surface area contributed by atoms with Gasteiger partial charge in [0.15, 0.2) is 0 Å². The van der Waals surface area contributed by atoms with Gasteiger partial charge < -0.3 is 0 Å². The molecule has 0 saturated heterocycles. The van der Waals surface area contributed by atoms with Gasteiger partial charge in [0.25, 0.3) is 5.69 Å². The van der Waals surface area contributed by atoms with Gasteiger partial charge in [0.1, 0.15) is 0 Å². The summed E-state index contributed by atoms with van der Waals surface area (Å²) in [6, 6.07) is 1.74. The molecular weight excluding hydrogens is 247 g/mol. The van der Waals surface area contributed by atoms with Gasteiger partial charge in [-0.15, -0.1) is 11.6 Å². The van der Waals surface area contributed by atoms with E-state index in [1.807, 2.05) is 0 Å². The number of alkyl halides is 4. The molecule has 3 nitrogen and oxygen atoms in total. The average molecular weight is 254 g/mol. The third-order valence-corrected chi connectivity index (χ3v) is 2.33. The average Bonchev–Trinajstić information content (AvgIpc) is 2.14. The summed E-state index contributed by atoms with van der Waals surface area (Å²) in [5, 5.41) is 10.5. The zero-order chi connectivity index (χ0) is 12.5. The van der Waals surface area contributed by atoms with Gasteiger partial charge in [0, 0.05) is 18.0 Å². The Morgan fingerprint density at radius 1 is 1.44 bits per heavy atom. The third kappa shape index (κ3) is 2.44. The number of benzene rings is 1. The molecule has 0 bridgehead atoms. The van der Waals surface area contributed by atoms with E-state index in [4.69, 9.17) is 11.6 Å². The van der Waals surface area contributed by atoms with Crippen molar-refractivity contribution in [2.24, 2.45) is 0 Å². The standard InChI is InChI=1S/C9H7ClF3NO2/c1-5-2-7(14(15)16)3-6(4-10)8(5)9(11,12)13/h2-3H,4H2,1H3. The Morgan fingerprint density at radius 2 is 2.00 bits per heavy atom. The Hall–Kier alpha value is -1.30. The van der Waals surface area contributed by atoms with Crippen LogP contribution in [0.2, 0.25) is 0 Å². The van der Waals surface area contributed by atoms with Crippen LogP contribution in [0.1, 0.15) is 16.7 Å². The molecule has 0 atom stereocenters. The largest absolute Gasteiger partial charge is 0.416 e. The molecule has 0 fully saturated rings. The van der Waals surface area contributed by atoms with E-state index >= 15 is 0 Å². The van der Waals surface area contributed by atoms with Crippen molar-refractivity contribution in [3.63, 3.8) is 0 Å². The fourth-order valence-electron chi connectivity index (χ4n) is 1.46. The number of nitro benzene ring substituents is 1. The van der Waals surface area contributed by atoms with Gasteiger partial charge in [-0.25, -0.2) is 0 Å². The van der Waals surface area contributed by atoms with Crippen molar-refractivity contribution in [3.05, 3.63) is 38.9 Å². The molecule has 1 rings (SSSR count). The fourth-order valence-corrected chi connectivity index (χ4v) is 1.67. The van der Waals surface area contributed by atoms with Crippen LogP contribution in [0, 0.1) is 17.0 Å². The number of hydrogen-bond donors (Lipinski definition) is 0. The van der Waals surface area contributed by atoms with Crippen LogP contribution in [0.5, 0.6) is 0 Å². The van der Waals surface area contributed by atoms with E-state index in [1.54, 1.807) is 0 Å². The van der Waals surface area contributed by atoms with Gasteiger partial charge in [0.2, 0.25) is 0 Å². The molecule has 0 aliphatic carbocycles. The highest BCUT2D eigenvalue weighted by Gasteiger charge is 2.36. The molecule has 1 aromatic carbocycles. The first-order valence-corrected chi connectivity index (χ1v) is 4.72. The molecule has 7 heteroatoms. The number of aryl methyl sites for hydroxylation is 1. The second-order valence-corrected chi connectivity index (χ2v) is 3.45. The normalized spacial score (nSPS) is 11.6. The molecule has 0 spiro atoms. The van der Waals surface area contributed by atoms with Crippen molar-refractivity contribution in [1.29, 1.82) is 0 Å². The maximum atomic E-state index is 12.6. The lowest BCUT2D eigenvalue weighted by Crippen LogP contribution is -2.11. The Morgan fingerprint density at radius 3 is 2.38 bits per heavy atom. The summed E-state index contributed by atoms with van der Waals surface area (Å²) in [6.07, 6.45) is -4.55. The molecule has 0 heterocycles. The van der Waals surface area contributed by atoms with Crippen LogP contribution in [0.3, 0.4) is 0 Å². The second kappa shape index (κ2) is 4.29. The molecule has 0 N–H and O–H groups in total. The molecule has 16 heavy (non-hydrogen) atoms. The van der Waals surface area contributed by atoms with E-state index in [0.717, 1.165) is 12.1 Å². The maximum absolute atomic E-state index is 12.6. The summed E-state index contributed by atoms with van der Waals surface area (Å²) in [5.74, 6) is -0.419. The monoisotopic (exact) mass is 253 g/mol. The molecule has 0 radical (unpaired) electrons. The van der Waals surface area contributed by atoms with Crippen molar-refractivity contribution in [2.45, 2.75) is 19.0 Å². The fraction of sp³-hybridized carbons (Fsp3) is 0.333. The summed E-state index contributed by atoms with van der Waals surface area (Å²) >= 11 is 5.36. The summed E-state index contributed by atoms with van der Waals surface area (Å²) < 4.78 is 37.8. The van der Waals surface area contributed by atoms with Gasteiger partial charge in [-0.05, 0) is 18.1 Å². The lowest BCUT2D eigenvalue weighted by Gasteiger charge is -2.13. The van der Waals surface area contributed by atoms with E-state index in [2.05, 4.69) is 0 Å². The van der Waals surface area contributed by atoms with Crippen LogP contribution in [0.15, 0.2) is 12.1 Å². The van der Waals surface area contributed by atoms with Crippen LogP contribution >= 0.6 is 11.6 Å². The molecule has 0 aromatic heterocycles. The number of nitrogens with zero attached hydrogens (tertiary/aromatic N) is 1. The molecular formula is C9H7ClF3NO2. The maximum Gasteiger partial charge on any atom is 0.416 e. The van der Waals surface area contributed by atoms with Crippen LogP contribution in [-0.2, 0) is 12.1 Å². The molecule has 0 aliphatic rings. The van der Waals surface area contributed by atoms with Crippen LogP contribution in [-0.4, -0.2) is 4.92 Å². The first-order chi connectivity index (χ1) is 7.27. The summed E-state index contributed by atoms with van der Waals surface area (Å²) in [4.78, 5) is 9.72. The SMILES string of the molecule is Cc1cc([N+](=O)[O-])cc(CCl)c1C(F)(F)F. The Bertz CT molecular complexity index is 431. The minimum Gasteiger partial charge on any atom is -0.258 e. The topological polar surface area (TPSA) is 43.1 Å². The first-order valence-electron chi connectivity index (χ1n) is 4.18. The van der Waals surface area contributed by atoms with Gasteiger partial charge in [-0.3, -0.25) is 10.1 Å². The van der Waals surface area contributed by atoms with Crippen molar-refractivity contribution >= 4 is 17.3 Å². The van der Waals surface area contributed by atoms with Gasteiger partial charge >= 0.3 is 6.18 Å². The van der Waals surface area contributed by atoms with Crippen molar-refractivity contribution in [3.8, 4) is 0 Å². The second-order valence-electron chi connectivity index (χ2n) is 3.19. The zero-order valence-electron chi connectivity index (χ0n) is 8.14. The van der Waals surface area contributed by atoms with Gasteiger partial charge in [0.05, 0.1) is 10.5 Å². The number of non-ortho nitro benzene ring substituents is 1. The Labute approximate surface area is 94.0 Å². The molecule has 0 amide bonds. The number of nitro groups is 1. The highest BCUT2D eigenvalue weighted by molar-refractivity contribution is 6.17. The Kier molecular flexibility index (Phi) is 3.42. The number of rotatable bonds is 2. The number of hydrogen-bond acceptors (Lipinski definition) is 2. The quantitative estimate of drug-likeness (QED) is 0.459. The van der Waals surface area contributed by atoms with Gasteiger partial charge in [-0.2, -0.15) is 13.2 Å². The Balaban J connectivity index is 3.46. The molecule has 0 saturated carbocycles. The predicted molar refractivity (Wildman–Crippen MR) is 52.4 cm³/mol. The molecule has 1 aromatic rings. The minimum absolute atomic E-state index is 0.197. The smallest absolute Gasteiger partial charge is 0.258 e. The predicted octanol–water partition coefficient (Wildman–Crippen LogP) is 3.66. The van der Waals surface area contributed by atoms with E-state index < -0.39 is 22.5 Å². The lowest BCUT2D eigenvalue weighted by atomic mass is 10.0. The van der Waals surface area contributed by atoms with Crippen molar-refractivity contribution in [1.82, 2.24) is 0 Å².